The standard InChI is InChI=1S/C11H23ClN2/c1-3-11(2,10-12)13-6-9-14-7-4-5-8-14/h13H,3-10H2,1-2H3. The summed E-state index contributed by atoms with van der Waals surface area (Å²) in [5, 5.41) is 3.55. The molecule has 1 saturated heterocycles. The zero-order valence-corrected chi connectivity index (χ0v) is 10.2. The Labute approximate surface area is 93.0 Å². The third-order valence-corrected chi connectivity index (χ3v) is 3.84. The van der Waals surface area contributed by atoms with Crippen LogP contribution >= 0.6 is 11.6 Å². The molecule has 1 fully saturated rings. The van der Waals surface area contributed by atoms with E-state index < -0.39 is 0 Å². The highest BCUT2D eigenvalue weighted by atomic mass is 35.5. The molecular weight excluding hydrogens is 196 g/mol. The lowest BCUT2D eigenvalue weighted by Crippen LogP contribution is -2.46. The molecule has 0 bridgehead atoms. The summed E-state index contributed by atoms with van der Waals surface area (Å²) in [6.45, 7) is 9.19. The van der Waals surface area contributed by atoms with Gasteiger partial charge in [-0.2, -0.15) is 0 Å². The number of halogens is 1. The van der Waals surface area contributed by atoms with Gasteiger partial charge in [-0.15, -0.1) is 11.6 Å². The van der Waals surface area contributed by atoms with Gasteiger partial charge in [0.1, 0.15) is 0 Å². The largest absolute Gasteiger partial charge is 0.309 e. The molecule has 0 amide bonds. The predicted octanol–water partition coefficient (Wildman–Crippen LogP) is 2.08. The molecule has 1 unspecified atom stereocenters. The Morgan fingerprint density at radius 1 is 1.36 bits per heavy atom. The Bertz CT molecular complexity index is 151. The van der Waals surface area contributed by atoms with Crippen molar-refractivity contribution in [3.8, 4) is 0 Å². The van der Waals surface area contributed by atoms with Gasteiger partial charge in [0.25, 0.3) is 0 Å². The lowest BCUT2D eigenvalue weighted by Gasteiger charge is -2.28. The zero-order chi connectivity index (χ0) is 10.4. The molecule has 0 spiro atoms. The second-order valence-electron chi connectivity index (χ2n) is 4.52. The van der Waals surface area contributed by atoms with Gasteiger partial charge in [0.2, 0.25) is 0 Å². The van der Waals surface area contributed by atoms with Crippen LogP contribution in [0.3, 0.4) is 0 Å². The summed E-state index contributed by atoms with van der Waals surface area (Å²) in [7, 11) is 0. The second kappa shape index (κ2) is 5.94. The van der Waals surface area contributed by atoms with E-state index in [0.29, 0.717) is 5.88 Å². The summed E-state index contributed by atoms with van der Waals surface area (Å²) in [4.78, 5) is 2.53. The fraction of sp³-hybridized carbons (Fsp3) is 1.00. The minimum Gasteiger partial charge on any atom is -0.309 e. The Kier molecular flexibility index (Phi) is 5.21. The van der Waals surface area contributed by atoms with Crippen molar-refractivity contribution in [1.29, 1.82) is 0 Å². The summed E-state index contributed by atoms with van der Waals surface area (Å²) in [5.41, 5.74) is 0.126. The molecule has 3 heteroatoms. The highest BCUT2D eigenvalue weighted by molar-refractivity contribution is 6.18. The van der Waals surface area contributed by atoms with E-state index in [4.69, 9.17) is 11.6 Å². The first-order chi connectivity index (χ1) is 6.70. The Morgan fingerprint density at radius 3 is 2.50 bits per heavy atom. The van der Waals surface area contributed by atoms with Gasteiger partial charge in [0, 0.05) is 24.5 Å². The predicted molar refractivity (Wildman–Crippen MR) is 63.1 cm³/mol. The van der Waals surface area contributed by atoms with E-state index in [1.165, 1.54) is 32.5 Å². The van der Waals surface area contributed by atoms with Gasteiger partial charge >= 0.3 is 0 Å². The monoisotopic (exact) mass is 218 g/mol. The van der Waals surface area contributed by atoms with Crippen LogP contribution in [-0.2, 0) is 0 Å². The average molecular weight is 219 g/mol. The van der Waals surface area contributed by atoms with Crippen LogP contribution in [0.15, 0.2) is 0 Å². The van der Waals surface area contributed by atoms with Crippen molar-refractivity contribution in [2.24, 2.45) is 0 Å². The van der Waals surface area contributed by atoms with Crippen LogP contribution in [0.5, 0.6) is 0 Å². The summed E-state index contributed by atoms with van der Waals surface area (Å²) in [6, 6.07) is 0. The Balaban J connectivity index is 2.12. The van der Waals surface area contributed by atoms with Crippen molar-refractivity contribution in [1.82, 2.24) is 10.2 Å². The highest BCUT2D eigenvalue weighted by Gasteiger charge is 2.20. The molecule has 1 heterocycles. The second-order valence-corrected chi connectivity index (χ2v) is 4.79. The van der Waals surface area contributed by atoms with Crippen molar-refractivity contribution in [3.05, 3.63) is 0 Å². The minimum atomic E-state index is 0.126. The molecule has 14 heavy (non-hydrogen) atoms. The van der Waals surface area contributed by atoms with Crippen molar-refractivity contribution in [2.75, 3.05) is 32.1 Å². The van der Waals surface area contributed by atoms with E-state index in [9.17, 15) is 0 Å². The fourth-order valence-electron chi connectivity index (χ4n) is 1.79. The molecule has 1 atom stereocenters. The van der Waals surface area contributed by atoms with Crippen molar-refractivity contribution in [2.45, 2.75) is 38.6 Å². The number of alkyl halides is 1. The highest BCUT2D eigenvalue weighted by Crippen LogP contribution is 2.11. The molecule has 84 valence electrons. The molecule has 1 aliphatic heterocycles. The molecule has 0 aromatic carbocycles. The molecule has 1 aliphatic rings. The topological polar surface area (TPSA) is 15.3 Å². The van der Waals surface area contributed by atoms with E-state index in [2.05, 4.69) is 24.1 Å². The van der Waals surface area contributed by atoms with Crippen LogP contribution < -0.4 is 5.32 Å². The molecule has 1 N–H and O–H groups in total. The SMILES string of the molecule is CCC(C)(CCl)NCCN1CCCC1. The zero-order valence-electron chi connectivity index (χ0n) is 9.48. The maximum absolute atomic E-state index is 5.93. The molecule has 0 aromatic rings. The van der Waals surface area contributed by atoms with E-state index in [1.807, 2.05) is 0 Å². The third kappa shape index (κ3) is 3.76. The van der Waals surface area contributed by atoms with Gasteiger partial charge in [-0.05, 0) is 39.3 Å². The number of likely N-dealkylation sites (tertiary alicyclic amines) is 1. The normalized spacial score (nSPS) is 22.5. The quantitative estimate of drug-likeness (QED) is 0.687. The van der Waals surface area contributed by atoms with E-state index >= 15 is 0 Å². The summed E-state index contributed by atoms with van der Waals surface area (Å²) >= 11 is 5.93. The first-order valence-electron chi connectivity index (χ1n) is 5.73. The molecular formula is C11H23ClN2. The van der Waals surface area contributed by atoms with E-state index in [1.54, 1.807) is 0 Å². The van der Waals surface area contributed by atoms with Crippen LogP contribution in [0.25, 0.3) is 0 Å². The van der Waals surface area contributed by atoms with Gasteiger partial charge in [-0.3, -0.25) is 0 Å². The molecule has 2 nitrogen and oxygen atoms in total. The van der Waals surface area contributed by atoms with E-state index in [-0.39, 0.29) is 5.54 Å². The molecule has 0 aliphatic carbocycles. The molecule has 0 radical (unpaired) electrons. The summed E-state index contributed by atoms with van der Waals surface area (Å²) in [6.07, 6.45) is 3.84. The maximum Gasteiger partial charge on any atom is 0.0403 e. The molecule has 0 saturated carbocycles. The van der Waals surface area contributed by atoms with Crippen LogP contribution in [-0.4, -0.2) is 42.5 Å². The van der Waals surface area contributed by atoms with Crippen molar-refractivity contribution < 1.29 is 0 Å². The molecule has 1 rings (SSSR count). The average Bonchev–Trinajstić information content (AvgIpc) is 2.70. The third-order valence-electron chi connectivity index (χ3n) is 3.25. The van der Waals surface area contributed by atoms with Gasteiger partial charge in [0.15, 0.2) is 0 Å². The van der Waals surface area contributed by atoms with Crippen LogP contribution in [0, 0.1) is 0 Å². The van der Waals surface area contributed by atoms with Gasteiger partial charge in [-0.1, -0.05) is 6.92 Å². The van der Waals surface area contributed by atoms with Gasteiger partial charge in [0.05, 0.1) is 0 Å². The first kappa shape index (κ1) is 12.3. The maximum atomic E-state index is 5.93. The number of nitrogens with zero attached hydrogens (tertiary/aromatic N) is 1. The van der Waals surface area contributed by atoms with Crippen LogP contribution in [0.2, 0.25) is 0 Å². The Morgan fingerprint density at radius 2 is 2.00 bits per heavy atom. The van der Waals surface area contributed by atoms with Gasteiger partial charge < -0.3 is 10.2 Å². The molecule has 0 aromatic heterocycles. The van der Waals surface area contributed by atoms with Crippen molar-refractivity contribution in [3.63, 3.8) is 0 Å². The van der Waals surface area contributed by atoms with Gasteiger partial charge in [-0.25, -0.2) is 0 Å². The van der Waals surface area contributed by atoms with Crippen molar-refractivity contribution >= 4 is 11.6 Å². The Hall–Kier alpha value is 0.210. The van der Waals surface area contributed by atoms with E-state index in [0.717, 1.165) is 13.0 Å². The summed E-state index contributed by atoms with van der Waals surface area (Å²) in [5.74, 6) is 0.698. The number of hydrogen-bond donors (Lipinski definition) is 1. The lowest BCUT2D eigenvalue weighted by molar-refractivity contribution is 0.302. The number of rotatable bonds is 6. The number of hydrogen-bond acceptors (Lipinski definition) is 2. The van der Waals surface area contributed by atoms with Crippen LogP contribution in [0.1, 0.15) is 33.1 Å². The van der Waals surface area contributed by atoms with Crippen LogP contribution in [0.4, 0.5) is 0 Å². The fourth-order valence-corrected chi connectivity index (χ4v) is 2.07. The summed E-state index contributed by atoms with van der Waals surface area (Å²) < 4.78 is 0. The minimum absolute atomic E-state index is 0.126. The first-order valence-corrected chi connectivity index (χ1v) is 6.27. The smallest absolute Gasteiger partial charge is 0.0403 e. The number of nitrogens with one attached hydrogen (secondary N) is 1. The lowest BCUT2D eigenvalue weighted by atomic mass is 10.0.